The van der Waals surface area contributed by atoms with E-state index in [0.717, 1.165) is 38.5 Å². The van der Waals surface area contributed by atoms with Gasteiger partial charge in [0.05, 0.1) is 18.0 Å². The molecule has 0 amide bonds. The van der Waals surface area contributed by atoms with E-state index in [1.807, 2.05) is 0 Å². The van der Waals surface area contributed by atoms with Gasteiger partial charge in [0, 0.05) is 0 Å². The number of aliphatic hydroxyl groups excluding tert-OH is 1. The van der Waals surface area contributed by atoms with E-state index in [1.54, 1.807) is 0 Å². The van der Waals surface area contributed by atoms with Gasteiger partial charge in [-0.05, 0) is 88.4 Å². The van der Waals surface area contributed by atoms with Crippen molar-refractivity contribution in [3.05, 3.63) is 0 Å². The summed E-state index contributed by atoms with van der Waals surface area (Å²) in [6, 6.07) is -0.487. The number of aliphatic hydroxyl groups is 1. The number of ether oxygens (including phenoxy) is 1. The summed E-state index contributed by atoms with van der Waals surface area (Å²) in [5, 5.41) is 8.99. The van der Waals surface area contributed by atoms with Gasteiger partial charge in [0.1, 0.15) is 6.04 Å². The first kappa shape index (κ1) is 26.6. The van der Waals surface area contributed by atoms with Gasteiger partial charge in [0.15, 0.2) is 0 Å². The fourth-order valence-corrected chi connectivity index (χ4v) is 5.89. The van der Waals surface area contributed by atoms with Crippen LogP contribution in [0.1, 0.15) is 96.8 Å². The Kier molecular flexibility index (Phi) is 11.2. The molecule has 3 fully saturated rings. The van der Waals surface area contributed by atoms with Crippen LogP contribution in [0, 0.1) is 17.8 Å². The van der Waals surface area contributed by atoms with Crippen LogP contribution in [0.25, 0.3) is 0 Å². The van der Waals surface area contributed by atoms with E-state index in [4.69, 9.17) is 15.0 Å². The lowest BCUT2D eigenvalue weighted by molar-refractivity contribution is -0.147. The number of carbonyl (C=O) groups excluding carboxylic acids is 1. The zero-order valence-corrected chi connectivity index (χ0v) is 19.9. The minimum atomic E-state index is -3.75. The first-order chi connectivity index (χ1) is 14.6. The maximum Gasteiger partial charge on any atom is 0.322 e. The molecule has 1 atom stereocenters. The fourth-order valence-electron chi connectivity index (χ4n) is 5.02. The number of hydrogen-bond donors (Lipinski definition) is 3. The Bertz CT molecular complexity index is 618. The standard InChI is InChI=1S/C16H29NO3.C7H14O3S/c17-15(10-12-6-8-14(18)9-7-12)16(19)20-11-13-4-2-1-3-5-13;1-6-2-4-7(5-3-6)11(8,9)10/h12-15,18H,1-11,17H2;6-7H,2-5H2,1H3,(H,8,9,10). The van der Waals surface area contributed by atoms with E-state index in [-0.39, 0.29) is 12.1 Å². The summed E-state index contributed by atoms with van der Waals surface area (Å²) in [4.78, 5) is 11.9. The van der Waals surface area contributed by atoms with Gasteiger partial charge in [-0.3, -0.25) is 9.35 Å². The third-order valence-electron chi connectivity index (χ3n) is 7.28. The van der Waals surface area contributed by atoms with Crippen molar-refractivity contribution in [1.82, 2.24) is 0 Å². The van der Waals surface area contributed by atoms with Gasteiger partial charge >= 0.3 is 5.97 Å². The number of rotatable bonds is 6. The summed E-state index contributed by atoms with van der Waals surface area (Å²) in [7, 11) is -3.75. The van der Waals surface area contributed by atoms with E-state index in [0.29, 0.717) is 43.6 Å². The summed E-state index contributed by atoms with van der Waals surface area (Å²) >= 11 is 0. The van der Waals surface area contributed by atoms with E-state index < -0.39 is 21.4 Å². The average molecular weight is 462 g/mol. The molecule has 0 bridgehead atoms. The molecule has 0 aromatic carbocycles. The Morgan fingerprint density at radius 1 is 0.935 bits per heavy atom. The van der Waals surface area contributed by atoms with Gasteiger partial charge in [0.2, 0.25) is 0 Å². The highest BCUT2D eigenvalue weighted by molar-refractivity contribution is 7.86. The Labute approximate surface area is 188 Å². The molecule has 3 saturated carbocycles. The van der Waals surface area contributed by atoms with Crippen LogP contribution in [0.3, 0.4) is 0 Å². The molecule has 0 spiro atoms. The molecule has 0 saturated heterocycles. The molecule has 0 radical (unpaired) electrons. The van der Waals surface area contributed by atoms with Crippen LogP contribution in [0.5, 0.6) is 0 Å². The number of hydrogen-bond acceptors (Lipinski definition) is 6. The smallest absolute Gasteiger partial charge is 0.322 e. The highest BCUT2D eigenvalue weighted by Crippen LogP contribution is 2.29. The van der Waals surface area contributed by atoms with Crippen molar-refractivity contribution < 1.29 is 27.6 Å². The van der Waals surface area contributed by atoms with Crippen LogP contribution in [0.2, 0.25) is 0 Å². The van der Waals surface area contributed by atoms with E-state index in [9.17, 15) is 18.3 Å². The summed E-state index contributed by atoms with van der Waals surface area (Å²) < 4.78 is 35.4. The molecule has 3 aliphatic rings. The number of esters is 1. The first-order valence-electron chi connectivity index (χ1n) is 12.2. The van der Waals surface area contributed by atoms with Gasteiger partial charge < -0.3 is 15.6 Å². The quantitative estimate of drug-likeness (QED) is 0.405. The number of carbonyl (C=O) groups is 1. The summed E-state index contributed by atoms with van der Waals surface area (Å²) in [6.07, 6.45) is 13.5. The largest absolute Gasteiger partial charge is 0.464 e. The topological polar surface area (TPSA) is 127 Å². The Hall–Kier alpha value is -0.700. The molecule has 182 valence electrons. The molecule has 1 unspecified atom stereocenters. The Morgan fingerprint density at radius 2 is 1.52 bits per heavy atom. The zero-order valence-electron chi connectivity index (χ0n) is 19.1. The summed E-state index contributed by atoms with van der Waals surface area (Å²) in [5.41, 5.74) is 5.96. The fraction of sp³-hybridized carbons (Fsp3) is 0.957. The van der Waals surface area contributed by atoms with Gasteiger partial charge in [-0.2, -0.15) is 8.42 Å². The molecular weight excluding hydrogens is 418 g/mol. The van der Waals surface area contributed by atoms with Crippen molar-refractivity contribution in [3.63, 3.8) is 0 Å². The van der Waals surface area contributed by atoms with Crippen LogP contribution < -0.4 is 5.73 Å². The second-order valence-corrected chi connectivity index (χ2v) is 11.7. The van der Waals surface area contributed by atoms with E-state index >= 15 is 0 Å². The monoisotopic (exact) mass is 461 g/mol. The summed E-state index contributed by atoms with van der Waals surface area (Å²) in [5.74, 6) is 1.40. The van der Waals surface area contributed by atoms with Crippen molar-refractivity contribution in [3.8, 4) is 0 Å². The van der Waals surface area contributed by atoms with Crippen LogP contribution in [-0.2, 0) is 19.6 Å². The third-order valence-corrected chi connectivity index (χ3v) is 8.59. The highest BCUT2D eigenvalue weighted by Gasteiger charge is 2.27. The van der Waals surface area contributed by atoms with Crippen molar-refractivity contribution in [1.29, 1.82) is 0 Å². The first-order valence-corrected chi connectivity index (χ1v) is 13.7. The van der Waals surface area contributed by atoms with Crippen molar-refractivity contribution in [2.24, 2.45) is 23.5 Å². The molecule has 8 heteroatoms. The molecule has 31 heavy (non-hydrogen) atoms. The van der Waals surface area contributed by atoms with Gasteiger partial charge in [-0.25, -0.2) is 0 Å². The van der Waals surface area contributed by atoms with E-state index in [1.165, 1.54) is 32.1 Å². The Morgan fingerprint density at radius 3 is 2.06 bits per heavy atom. The molecule has 0 aliphatic heterocycles. The maximum absolute atomic E-state index is 11.9. The van der Waals surface area contributed by atoms with Gasteiger partial charge in [0.25, 0.3) is 10.1 Å². The van der Waals surface area contributed by atoms with Gasteiger partial charge in [-0.1, -0.05) is 26.2 Å². The molecule has 0 heterocycles. The van der Waals surface area contributed by atoms with Crippen molar-refractivity contribution >= 4 is 16.1 Å². The molecular formula is C23H43NO6S. The maximum atomic E-state index is 11.9. The van der Waals surface area contributed by atoms with Crippen LogP contribution >= 0.6 is 0 Å². The Balaban J connectivity index is 0.000000262. The average Bonchev–Trinajstić information content (AvgIpc) is 2.74. The van der Waals surface area contributed by atoms with Crippen LogP contribution in [-0.4, -0.2) is 48.0 Å². The molecule has 0 aromatic rings. The molecule has 3 aliphatic carbocycles. The second-order valence-electron chi connectivity index (χ2n) is 10.0. The lowest BCUT2D eigenvalue weighted by Crippen LogP contribution is -2.36. The van der Waals surface area contributed by atoms with Crippen LogP contribution in [0.15, 0.2) is 0 Å². The van der Waals surface area contributed by atoms with Crippen molar-refractivity contribution in [2.45, 2.75) is 114 Å². The number of nitrogens with two attached hydrogens (primary N) is 1. The van der Waals surface area contributed by atoms with Gasteiger partial charge in [-0.15, -0.1) is 0 Å². The second kappa shape index (κ2) is 13.1. The molecule has 7 nitrogen and oxygen atoms in total. The predicted octanol–water partition coefficient (Wildman–Crippen LogP) is 3.83. The minimum absolute atomic E-state index is 0.152. The van der Waals surface area contributed by atoms with E-state index in [2.05, 4.69) is 6.92 Å². The minimum Gasteiger partial charge on any atom is -0.464 e. The zero-order chi connectivity index (χ0) is 22.9. The van der Waals surface area contributed by atoms with Crippen molar-refractivity contribution in [2.75, 3.05) is 6.61 Å². The molecule has 3 rings (SSSR count). The predicted molar refractivity (Wildman–Crippen MR) is 121 cm³/mol. The lowest BCUT2D eigenvalue weighted by Gasteiger charge is -2.27. The lowest BCUT2D eigenvalue weighted by atomic mass is 9.83. The highest BCUT2D eigenvalue weighted by atomic mass is 32.2. The van der Waals surface area contributed by atoms with Crippen LogP contribution in [0.4, 0.5) is 0 Å². The normalized spacial score (nSPS) is 31.2. The SMILES string of the molecule is CC1CCC(S(=O)(=O)O)CC1.NC(CC1CCC(O)CC1)C(=O)OCC1CCCCC1. The molecule has 0 aromatic heterocycles. The molecule has 4 N–H and O–H groups in total. The summed E-state index contributed by atoms with van der Waals surface area (Å²) in [6.45, 7) is 2.66. The third kappa shape index (κ3) is 10.2.